The molecule has 60 valence electrons. The van der Waals surface area contributed by atoms with Gasteiger partial charge in [0.25, 0.3) is 0 Å². The van der Waals surface area contributed by atoms with Crippen molar-refractivity contribution in [3.05, 3.63) is 42.7 Å². The van der Waals surface area contributed by atoms with Crippen molar-refractivity contribution >= 4 is 11.8 Å². The van der Waals surface area contributed by atoms with E-state index in [0.717, 1.165) is 5.16 Å². The maximum atomic E-state index is 4.12. The van der Waals surface area contributed by atoms with Gasteiger partial charge in [0.1, 0.15) is 0 Å². The van der Waals surface area contributed by atoms with Crippen LogP contribution in [0.5, 0.6) is 0 Å². The highest BCUT2D eigenvalue weighted by Gasteiger charge is 1.96. The summed E-state index contributed by atoms with van der Waals surface area (Å²) in [4.78, 5) is 8.36. The van der Waals surface area contributed by atoms with Crippen LogP contribution in [0.1, 0.15) is 0 Å². The molecule has 0 bridgehead atoms. The van der Waals surface area contributed by atoms with Crippen molar-refractivity contribution in [1.82, 2.24) is 9.97 Å². The van der Waals surface area contributed by atoms with Gasteiger partial charge in [0, 0.05) is 17.3 Å². The lowest BCUT2D eigenvalue weighted by Crippen LogP contribution is -1.73. The fourth-order valence-electron chi connectivity index (χ4n) is 0.907. The van der Waals surface area contributed by atoms with Crippen molar-refractivity contribution in [2.24, 2.45) is 0 Å². The average Bonchev–Trinajstić information content (AvgIpc) is 2.59. The molecule has 1 aromatic carbocycles. The Bertz CT molecular complexity index is 329. The van der Waals surface area contributed by atoms with Crippen LogP contribution in [0.4, 0.5) is 0 Å². The Morgan fingerprint density at radius 1 is 1.17 bits per heavy atom. The first kappa shape index (κ1) is 7.43. The number of rotatable bonds is 2. The van der Waals surface area contributed by atoms with Crippen molar-refractivity contribution in [1.29, 1.82) is 0 Å². The zero-order valence-electron chi connectivity index (χ0n) is 6.40. The Hall–Kier alpha value is -1.22. The van der Waals surface area contributed by atoms with Crippen LogP contribution in [-0.4, -0.2) is 9.97 Å². The van der Waals surface area contributed by atoms with Crippen LogP contribution in [0.3, 0.4) is 0 Å². The third kappa shape index (κ3) is 1.68. The van der Waals surface area contributed by atoms with Gasteiger partial charge in [-0.15, -0.1) is 0 Å². The molecule has 0 aliphatic carbocycles. The summed E-state index contributed by atoms with van der Waals surface area (Å²) < 4.78 is 0. The number of benzene rings is 1. The van der Waals surface area contributed by atoms with Gasteiger partial charge < -0.3 is 4.98 Å². The SMILES string of the molecule is c1ccc(Sc2ncc[nH]2)cc1. The quantitative estimate of drug-likeness (QED) is 0.761. The van der Waals surface area contributed by atoms with Gasteiger partial charge in [-0.1, -0.05) is 30.0 Å². The summed E-state index contributed by atoms with van der Waals surface area (Å²) in [6, 6.07) is 10.2. The third-order valence-corrected chi connectivity index (χ3v) is 2.36. The highest BCUT2D eigenvalue weighted by Crippen LogP contribution is 2.22. The van der Waals surface area contributed by atoms with Gasteiger partial charge in [-0.2, -0.15) is 0 Å². The smallest absolute Gasteiger partial charge is 0.170 e. The molecule has 2 nitrogen and oxygen atoms in total. The van der Waals surface area contributed by atoms with E-state index in [9.17, 15) is 0 Å². The van der Waals surface area contributed by atoms with E-state index >= 15 is 0 Å². The van der Waals surface area contributed by atoms with Crippen LogP contribution in [0, 0.1) is 0 Å². The molecule has 0 aliphatic rings. The zero-order valence-corrected chi connectivity index (χ0v) is 7.21. The second-order valence-corrected chi connectivity index (χ2v) is 3.37. The number of aromatic nitrogens is 2. The Balaban J connectivity index is 2.15. The first-order valence-corrected chi connectivity index (χ1v) is 4.49. The topological polar surface area (TPSA) is 28.7 Å². The van der Waals surface area contributed by atoms with E-state index in [-0.39, 0.29) is 0 Å². The zero-order chi connectivity index (χ0) is 8.23. The van der Waals surface area contributed by atoms with Gasteiger partial charge in [0.2, 0.25) is 0 Å². The van der Waals surface area contributed by atoms with Crippen LogP contribution >= 0.6 is 11.8 Å². The fourth-order valence-corrected chi connectivity index (χ4v) is 1.66. The van der Waals surface area contributed by atoms with Crippen LogP contribution in [0.2, 0.25) is 0 Å². The largest absolute Gasteiger partial charge is 0.339 e. The highest BCUT2D eigenvalue weighted by atomic mass is 32.2. The molecule has 0 saturated heterocycles. The van der Waals surface area contributed by atoms with Gasteiger partial charge in [0.15, 0.2) is 5.16 Å². The predicted octanol–water partition coefficient (Wildman–Crippen LogP) is 2.56. The van der Waals surface area contributed by atoms with E-state index < -0.39 is 0 Å². The number of aromatic amines is 1. The van der Waals surface area contributed by atoms with E-state index in [0.29, 0.717) is 0 Å². The summed E-state index contributed by atoms with van der Waals surface area (Å²) in [6.07, 6.45) is 3.58. The van der Waals surface area contributed by atoms with Gasteiger partial charge in [-0.25, -0.2) is 4.98 Å². The molecule has 1 aromatic heterocycles. The summed E-state index contributed by atoms with van der Waals surface area (Å²) in [7, 11) is 0. The van der Waals surface area contributed by atoms with E-state index in [1.165, 1.54) is 4.90 Å². The number of hydrogen-bond acceptors (Lipinski definition) is 2. The van der Waals surface area contributed by atoms with Crippen LogP contribution < -0.4 is 0 Å². The van der Waals surface area contributed by atoms with Crippen LogP contribution in [-0.2, 0) is 0 Å². The molecular weight excluding hydrogens is 168 g/mol. The third-order valence-electron chi connectivity index (χ3n) is 1.43. The molecule has 0 saturated carbocycles. The van der Waals surface area contributed by atoms with Crippen molar-refractivity contribution in [3.8, 4) is 0 Å². The molecule has 0 amide bonds. The maximum absolute atomic E-state index is 4.12. The maximum Gasteiger partial charge on any atom is 0.170 e. The molecular formula is C9H8N2S. The first-order valence-electron chi connectivity index (χ1n) is 3.67. The number of H-pyrrole nitrogens is 1. The monoisotopic (exact) mass is 176 g/mol. The predicted molar refractivity (Wildman–Crippen MR) is 49.2 cm³/mol. The van der Waals surface area contributed by atoms with Crippen LogP contribution in [0.25, 0.3) is 0 Å². The molecule has 0 fully saturated rings. The molecule has 0 aliphatic heterocycles. The van der Waals surface area contributed by atoms with E-state index in [1.54, 1.807) is 18.0 Å². The Labute approximate surface area is 75.0 Å². The lowest BCUT2D eigenvalue weighted by molar-refractivity contribution is 1.06. The fraction of sp³-hybridized carbons (Fsp3) is 0. The summed E-state index contributed by atoms with van der Waals surface area (Å²) in [5, 5.41) is 0.932. The minimum atomic E-state index is 0.932. The summed E-state index contributed by atoms with van der Waals surface area (Å²) in [5.41, 5.74) is 0. The molecule has 12 heavy (non-hydrogen) atoms. The summed E-state index contributed by atoms with van der Waals surface area (Å²) in [5.74, 6) is 0. The number of nitrogens with zero attached hydrogens (tertiary/aromatic N) is 1. The normalized spacial score (nSPS) is 10.0. The number of imidazole rings is 1. The highest BCUT2D eigenvalue weighted by molar-refractivity contribution is 7.99. The van der Waals surface area contributed by atoms with Crippen molar-refractivity contribution in [2.75, 3.05) is 0 Å². The van der Waals surface area contributed by atoms with Gasteiger partial charge in [-0.3, -0.25) is 0 Å². The molecule has 3 heteroatoms. The Morgan fingerprint density at radius 2 is 2.00 bits per heavy atom. The van der Waals surface area contributed by atoms with E-state index in [1.807, 2.05) is 24.4 Å². The molecule has 0 atom stereocenters. The Kier molecular flexibility index (Phi) is 2.14. The van der Waals surface area contributed by atoms with Gasteiger partial charge >= 0.3 is 0 Å². The first-order chi connectivity index (χ1) is 5.95. The Morgan fingerprint density at radius 3 is 2.67 bits per heavy atom. The van der Waals surface area contributed by atoms with Crippen molar-refractivity contribution in [3.63, 3.8) is 0 Å². The van der Waals surface area contributed by atoms with Crippen LogP contribution in [0.15, 0.2) is 52.8 Å². The van der Waals surface area contributed by atoms with Gasteiger partial charge in [-0.05, 0) is 12.1 Å². The minimum absolute atomic E-state index is 0.932. The number of hydrogen-bond donors (Lipinski definition) is 1. The molecule has 0 spiro atoms. The van der Waals surface area contributed by atoms with Gasteiger partial charge in [0.05, 0.1) is 0 Å². The minimum Gasteiger partial charge on any atom is -0.339 e. The summed E-state index contributed by atoms with van der Waals surface area (Å²) >= 11 is 1.63. The molecule has 1 N–H and O–H groups in total. The lowest BCUT2D eigenvalue weighted by atomic mass is 10.4. The second kappa shape index (κ2) is 3.45. The second-order valence-electron chi connectivity index (χ2n) is 2.31. The molecule has 1 heterocycles. The number of nitrogens with one attached hydrogen (secondary N) is 1. The molecule has 2 rings (SSSR count). The lowest BCUT2D eigenvalue weighted by Gasteiger charge is -1.94. The molecule has 0 unspecified atom stereocenters. The summed E-state index contributed by atoms with van der Waals surface area (Å²) in [6.45, 7) is 0. The van der Waals surface area contributed by atoms with E-state index in [2.05, 4.69) is 22.1 Å². The molecule has 0 radical (unpaired) electrons. The van der Waals surface area contributed by atoms with Crippen molar-refractivity contribution in [2.45, 2.75) is 10.1 Å². The van der Waals surface area contributed by atoms with Crippen molar-refractivity contribution < 1.29 is 0 Å². The average molecular weight is 176 g/mol. The van der Waals surface area contributed by atoms with E-state index in [4.69, 9.17) is 0 Å². The standard InChI is InChI=1S/C9H8N2S/c1-2-4-8(5-3-1)12-9-10-6-7-11-9/h1-7H,(H,10,11). The molecule has 2 aromatic rings.